The Hall–Kier alpha value is -1.17. The van der Waals surface area contributed by atoms with E-state index in [2.05, 4.69) is 15.5 Å². The van der Waals surface area contributed by atoms with Gasteiger partial charge in [0.15, 0.2) is 0 Å². The first kappa shape index (κ1) is 20.9. The van der Waals surface area contributed by atoms with Crippen molar-refractivity contribution < 1.29 is 9.18 Å². The van der Waals surface area contributed by atoms with E-state index in [-0.39, 0.29) is 30.2 Å². The first-order valence-electron chi connectivity index (χ1n) is 8.47. The molecule has 0 spiro atoms. The van der Waals surface area contributed by atoms with Crippen LogP contribution in [0.4, 0.5) is 10.1 Å². The van der Waals surface area contributed by atoms with Gasteiger partial charge in [-0.1, -0.05) is 6.07 Å². The molecule has 1 saturated heterocycles. The summed E-state index contributed by atoms with van der Waals surface area (Å²) in [6, 6.07) is 4.62. The monoisotopic (exact) mass is 357 g/mol. The van der Waals surface area contributed by atoms with Crippen molar-refractivity contribution in [1.82, 2.24) is 10.2 Å². The zero-order chi connectivity index (χ0) is 16.8. The molecule has 136 valence electrons. The lowest BCUT2D eigenvalue weighted by Crippen LogP contribution is -2.46. The quantitative estimate of drug-likeness (QED) is 0.821. The second-order valence-electron chi connectivity index (χ2n) is 6.50. The lowest BCUT2D eigenvalue weighted by Gasteiger charge is -2.35. The molecule has 4 nitrogen and oxygen atoms in total. The molecule has 0 radical (unpaired) electrons. The van der Waals surface area contributed by atoms with Gasteiger partial charge in [0.1, 0.15) is 5.82 Å². The minimum Gasteiger partial charge on any atom is -0.325 e. The standard InChI is InChI=1S/C18H28FN3O.ClH/c1-13-4-5-16(12-17(13)19)21-18(23)14(2)22-10-7-15(8-11-22)6-9-20-3;/h4-5,12,14-15,20H,6-11H2,1-3H3,(H,21,23);1H. The Morgan fingerprint density at radius 2 is 2.04 bits per heavy atom. The third-order valence-corrected chi connectivity index (χ3v) is 4.82. The topological polar surface area (TPSA) is 44.4 Å². The van der Waals surface area contributed by atoms with Crippen LogP contribution >= 0.6 is 12.4 Å². The maximum absolute atomic E-state index is 13.6. The van der Waals surface area contributed by atoms with Crippen LogP contribution in [0.1, 0.15) is 31.7 Å². The average Bonchev–Trinajstić information content (AvgIpc) is 2.56. The van der Waals surface area contributed by atoms with E-state index in [4.69, 9.17) is 0 Å². The Labute approximate surface area is 150 Å². The van der Waals surface area contributed by atoms with Crippen LogP contribution in [0, 0.1) is 18.7 Å². The van der Waals surface area contributed by atoms with Crippen LogP contribution in [0.15, 0.2) is 18.2 Å². The number of anilines is 1. The van der Waals surface area contributed by atoms with Crippen molar-refractivity contribution in [2.24, 2.45) is 5.92 Å². The second-order valence-corrected chi connectivity index (χ2v) is 6.50. The normalized spacial score (nSPS) is 17.2. The van der Waals surface area contributed by atoms with Crippen LogP contribution in [-0.2, 0) is 4.79 Å². The van der Waals surface area contributed by atoms with E-state index in [0.717, 1.165) is 38.4 Å². The summed E-state index contributed by atoms with van der Waals surface area (Å²) >= 11 is 0. The van der Waals surface area contributed by atoms with Gasteiger partial charge in [-0.15, -0.1) is 12.4 Å². The number of benzene rings is 1. The number of hydrogen-bond acceptors (Lipinski definition) is 3. The van der Waals surface area contributed by atoms with E-state index in [9.17, 15) is 9.18 Å². The van der Waals surface area contributed by atoms with Crippen molar-refractivity contribution in [2.45, 2.75) is 39.2 Å². The number of carbonyl (C=O) groups excluding carboxylic acids is 1. The number of rotatable bonds is 6. The fourth-order valence-corrected chi connectivity index (χ4v) is 3.06. The summed E-state index contributed by atoms with van der Waals surface area (Å²) in [5.74, 6) is 0.392. The molecule has 0 aromatic heterocycles. The molecule has 1 amide bonds. The Morgan fingerprint density at radius 1 is 1.38 bits per heavy atom. The van der Waals surface area contributed by atoms with Gasteiger partial charge in [-0.05, 0) is 83.4 Å². The molecule has 1 aliphatic rings. The number of likely N-dealkylation sites (tertiary alicyclic amines) is 1. The minimum atomic E-state index is -0.291. The van der Waals surface area contributed by atoms with E-state index in [0.29, 0.717) is 11.3 Å². The first-order valence-corrected chi connectivity index (χ1v) is 8.47. The van der Waals surface area contributed by atoms with Crippen molar-refractivity contribution >= 4 is 24.0 Å². The molecule has 0 saturated carbocycles. The fourth-order valence-electron chi connectivity index (χ4n) is 3.06. The van der Waals surface area contributed by atoms with E-state index < -0.39 is 0 Å². The summed E-state index contributed by atoms with van der Waals surface area (Å²) in [7, 11) is 1.98. The number of amides is 1. The first-order chi connectivity index (χ1) is 11.0. The molecule has 1 aliphatic heterocycles. The highest BCUT2D eigenvalue weighted by Crippen LogP contribution is 2.22. The van der Waals surface area contributed by atoms with Gasteiger partial charge in [0.05, 0.1) is 6.04 Å². The summed E-state index contributed by atoms with van der Waals surface area (Å²) < 4.78 is 13.6. The zero-order valence-corrected chi connectivity index (χ0v) is 15.6. The van der Waals surface area contributed by atoms with Crippen LogP contribution in [-0.4, -0.2) is 43.5 Å². The fraction of sp³-hybridized carbons (Fsp3) is 0.611. The molecule has 24 heavy (non-hydrogen) atoms. The molecule has 1 unspecified atom stereocenters. The highest BCUT2D eigenvalue weighted by molar-refractivity contribution is 5.94. The predicted molar refractivity (Wildman–Crippen MR) is 99.3 cm³/mol. The molecule has 1 heterocycles. The number of halogens is 2. The van der Waals surface area contributed by atoms with Gasteiger partial charge in [0, 0.05) is 5.69 Å². The van der Waals surface area contributed by atoms with E-state index in [1.165, 1.54) is 12.5 Å². The van der Waals surface area contributed by atoms with Gasteiger partial charge in [-0.25, -0.2) is 4.39 Å². The zero-order valence-electron chi connectivity index (χ0n) is 14.8. The summed E-state index contributed by atoms with van der Waals surface area (Å²) in [6.07, 6.45) is 3.48. The predicted octanol–water partition coefficient (Wildman–Crippen LogP) is 3.20. The Kier molecular flexibility index (Phi) is 8.67. The Balaban J connectivity index is 0.00000288. The largest absolute Gasteiger partial charge is 0.325 e. The van der Waals surface area contributed by atoms with E-state index in [1.807, 2.05) is 14.0 Å². The number of nitrogens with one attached hydrogen (secondary N) is 2. The number of piperidine rings is 1. The van der Waals surface area contributed by atoms with Gasteiger partial charge in [-0.2, -0.15) is 0 Å². The number of carbonyl (C=O) groups is 1. The molecule has 0 bridgehead atoms. The lowest BCUT2D eigenvalue weighted by molar-refractivity contribution is -0.121. The molecule has 1 atom stereocenters. The van der Waals surface area contributed by atoms with Crippen molar-refractivity contribution in [1.29, 1.82) is 0 Å². The molecule has 0 aliphatic carbocycles. The maximum atomic E-state index is 13.6. The smallest absolute Gasteiger partial charge is 0.241 e. The van der Waals surface area contributed by atoms with Crippen molar-refractivity contribution in [3.8, 4) is 0 Å². The Bertz CT molecular complexity index is 533. The van der Waals surface area contributed by atoms with E-state index >= 15 is 0 Å². The highest BCUT2D eigenvalue weighted by atomic mass is 35.5. The third-order valence-electron chi connectivity index (χ3n) is 4.82. The maximum Gasteiger partial charge on any atom is 0.241 e. The second kappa shape index (κ2) is 9.97. The SMILES string of the molecule is CNCCC1CCN(C(C)C(=O)Nc2ccc(C)c(F)c2)CC1.Cl. The molecule has 6 heteroatoms. The van der Waals surface area contributed by atoms with Gasteiger partial charge < -0.3 is 10.6 Å². The van der Waals surface area contributed by atoms with Gasteiger partial charge in [-0.3, -0.25) is 9.69 Å². The lowest BCUT2D eigenvalue weighted by atomic mass is 9.93. The number of aryl methyl sites for hydroxylation is 1. The van der Waals surface area contributed by atoms with Gasteiger partial charge in [0.25, 0.3) is 0 Å². The molecule has 2 rings (SSSR count). The van der Waals surface area contributed by atoms with Crippen LogP contribution in [0.3, 0.4) is 0 Å². The van der Waals surface area contributed by atoms with Crippen molar-refractivity contribution in [3.63, 3.8) is 0 Å². The summed E-state index contributed by atoms with van der Waals surface area (Å²) in [6.45, 7) is 6.59. The average molecular weight is 358 g/mol. The van der Waals surface area contributed by atoms with E-state index in [1.54, 1.807) is 19.1 Å². The highest BCUT2D eigenvalue weighted by Gasteiger charge is 2.26. The van der Waals surface area contributed by atoms with Crippen molar-refractivity contribution in [2.75, 3.05) is 32.0 Å². The molecule has 1 aromatic carbocycles. The summed E-state index contributed by atoms with van der Waals surface area (Å²) in [5, 5.41) is 6.02. The molecular formula is C18H29ClFN3O. The van der Waals surface area contributed by atoms with Crippen LogP contribution in [0.5, 0.6) is 0 Å². The molecule has 1 aromatic rings. The third kappa shape index (κ3) is 5.72. The van der Waals surface area contributed by atoms with Gasteiger partial charge >= 0.3 is 0 Å². The van der Waals surface area contributed by atoms with Crippen LogP contribution in [0.2, 0.25) is 0 Å². The molecular weight excluding hydrogens is 329 g/mol. The molecule has 1 fully saturated rings. The Morgan fingerprint density at radius 3 is 2.62 bits per heavy atom. The van der Waals surface area contributed by atoms with Gasteiger partial charge in [0.2, 0.25) is 5.91 Å². The minimum absolute atomic E-state index is 0. The van der Waals surface area contributed by atoms with Crippen molar-refractivity contribution in [3.05, 3.63) is 29.6 Å². The summed E-state index contributed by atoms with van der Waals surface area (Å²) in [5.41, 5.74) is 1.11. The number of hydrogen-bond donors (Lipinski definition) is 2. The number of nitrogens with zero attached hydrogens (tertiary/aromatic N) is 1. The van der Waals surface area contributed by atoms with Crippen LogP contribution in [0.25, 0.3) is 0 Å². The van der Waals surface area contributed by atoms with Crippen LogP contribution < -0.4 is 10.6 Å². The summed E-state index contributed by atoms with van der Waals surface area (Å²) in [4.78, 5) is 14.6. The molecule has 2 N–H and O–H groups in total.